The zero-order valence-corrected chi connectivity index (χ0v) is 17.0. The van der Waals surface area contributed by atoms with Crippen LogP contribution in [0.25, 0.3) is 0 Å². The van der Waals surface area contributed by atoms with Crippen LogP contribution in [0.1, 0.15) is 17.3 Å². The summed E-state index contributed by atoms with van der Waals surface area (Å²) < 4.78 is 10.7. The third-order valence-corrected chi connectivity index (χ3v) is 4.77. The molecule has 0 fully saturated rings. The summed E-state index contributed by atoms with van der Waals surface area (Å²) in [4.78, 5) is 37.8. The van der Waals surface area contributed by atoms with Gasteiger partial charge in [0.15, 0.2) is 23.9 Å². The van der Waals surface area contributed by atoms with Crippen molar-refractivity contribution in [3.05, 3.63) is 48.0 Å². The van der Waals surface area contributed by atoms with Crippen molar-refractivity contribution in [3.8, 4) is 11.5 Å². The maximum Gasteiger partial charge on any atom is 0.286 e. The fourth-order valence-corrected chi connectivity index (χ4v) is 2.93. The van der Waals surface area contributed by atoms with Gasteiger partial charge in [0.2, 0.25) is 0 Å². The number of amides is 2. The zero-order valence-electron chi connectivity index (χ0n) is 16.1. The van der Waals surface area contributed by atoms with Gasteiger partial charge >= 0.3 is 0 Å². The second kappa shape index (κ2) is 9.80. The third-order valence-electron chi connectivity index (χ3n) is 3.65. The molecular weight excluding hydrogens is 380 g/mol. The minimum atomic E-state index is -0.386. The monoisotopic (exact) mass is 402 g/mol. The van der Waals surface area contributed by atoms with Crippen LogP contribution in [0.5, 0.6) is 11.5 Å². The first-order valence-electron chi connectivity index (χ1n) is 8.41. The van der Waals surface area contributed by atoms with E-state index in [1.165, 1.54) is 18.9 Å². The van der Waals surface area contributed by atoms with E-state index in [1.54, 1.807) is 56.6 Å². The van der Waals surface area contributed by atoms with Gasteiger partial charge in [-0.3, -0.25) is 14.4 Å². The Labute approximate surface area is 168 Å². The fourth-order valence-electron chi connectivity index (χ4n) is 2.18. The summed E-state index contributed by atoms with van der Waals surface area (Å²) in [5, 5.41) is 2.60. The van der Waals surface area contributed by atoms with Gasteiger partial charge < -0.3 is 19.7 Å². The average molecular weight is 402 g/mol. The topological polar surface area (TPSA) is 84.9 Å². The minimum absolute atomic E-state index is 0.0935. The standard InChI is InChI=1S/C20H22N2O5S/c1-13(23)14-9-10-16(17(11-14)26-4)27-12-19(24)21-15-7-5-6-8-18(15)28-20(25)22(2)3/h5-11H,12H2,1-4H3,(H,21,24). The maximum absolute atomic E-state index is 12.3. The van der Waals surface area contributed by atoms with Crippen molar-refractivity contribution in [2.24, 2.45) is 0 Å². The van der Waals surface area contributed by atoms with E-state index in [0.717, 1.165) is 11.8 Å². The van der Waals surface area contributed by atoms with Gasteiger partial charge in [-0.2, -0.15) is 0 Å². The number of benzene rings is 2. The molecular formula is C20H22N2O5S. The molecule has 8 heteroatoms. The fraction of sp³-hybridized carbons (Fsp3) is 0.250. The van der Waals surface area contributed by atoms with E-state index in [0.29, 0.717) is 27.6 Å². The Morgan fingerprint density at radius 3 is 2.43 bits per heavy atom. The Bertz CT molecular complexity index is 883. The van der Waals surface area contributed by atoms with Crippen LogP contribution in [0.2, 0.25) is 0 Å². The summed E-state index contributed by atoms with van der Waals surface area (Å²) >= 11 is 1.02. The highest BCUT2D eigenvalue weighted by molar-refractivity contribution is 8.13. The predicted octanol–water partition coefficient (Wildman–Crippen LogP) is 3.69. The largest absolute Gasteiger partial charge is 0.493 e. The Morgan fingerprint density at radius 1 is 1.07 bits per heavy atom. The molecule has 0 saturated heterocycles. The summed E-state index contributed by atoms with van der Waals surface area (Å²) in [5.41, 5.74) is 1.01. The average Bonchev–Trinajstić information content (AvgIpc) is 2.67. The maximum atomic E-state index is 12.3. The normalized spacial score (nSPS) is 10.1. The number of para-hydroxylation sites is 1. The number of carbonyl (C=O) groups is 3. The number of Topliss-reactive ketones (excluding diaryl/α,β-unsaturated/α-hetero) is 1. The number of hydrogen-bond donors (Lipinski definition) is 1. The quantitative estimate of drug-likeness (QED) is 0.562. The Hall–Kier alpha value is -3.00. The lowest BCUT2D eigenvalue weighted by Gasteiger charge is -2.14. The summed E-state index contributed by atoms with van der Waals surface area (Å²) in [5.74, 6) is 0.244. The molecule has 0 unspecified atom stereocenters. The molecule has 0 aliphatic heterocycles. The van der Waals surface area contributed by atoms with Crippen molar-refractivity contribution in [2.45, 2.75) is 11.8 Å². The number of nitrogens with one attached hydrogen (secondary N) is 1. The molecule has 0 aliphatic rings. The Morgan fingerprint density at radius 2 is 1.79 bits per heavy atom. The molecule has 0 atom stereocenters. The van der Waals surface area contributed by atoms with Crippen molar-refractivity contribution in [1.29, 1.82) is 0 Å². The molecule has 0 saturated carbocycles. The lowest BCUT2D eigenvalue weighted by molar-refractivity contribution is -0.118. The van der Waals surface area contributed by atoms with Gasteiger partial charge in [-0.15, -0.1) is 0 Å². The molecule has 0 bridgehead atoms. The van der Waals surface area contributed by atoms with Crippen molar-refractivity contribution < 1.29 is 23.9 Å². The number of rotatable bonds is 7. The summed E-state index contributed by atoms with van der Waals surface area (Å²) in [6.07, 6.45) is 0. The number of thioether (sulfide) groups is 1. The van der Waals surface area contributed by atoms with Crippen LogP contribution in [0, 0.1) is 0 Å². The van der Waals surface area contributed by atoms with Gasteiger partial charge in [0.05, 0.1) is 12.8 Å². The van der Waals surface area contributed by atoms with Gasteiger partial charge in [-0.05, 0) is 49.0 Å². The highest BCUT2D eigenvalue weighted by atomic mass is 32.2. The highest BCUT2D eigenvalue weighted by Gasteiger charge is 2.14. The Balaban J connectivity index is 2.04. The van der Waals surface area contributed by atoms with Gasteiger partial charge in [0.25, 0.3) is 11.1 Å². The molecule has 0 aromatic heterocycles. The molecule has 2 rings (SSSR count). The van der Waals surface area contributed by atoms with Gasteiger partial charge in [0.1, 0.15) is 0 Å². The van der Waals surface area contributed by atoms with Crippen LogP contribution in [0.3, 0.4) is 0 Å². The summed E-state index contributed by atoms with van der Waals surface area (Å²) in [6, 6.07) is 11.8. The molecule has 0 spiro atoms. The molecule has 148 valence electrons. The smallest absolute Gasteiger partial charge is 0.286 e. The van der Waals surface area contributed by atoms with E-state index >= 15 is 0 Å². The van der Waals surface area contributed by atoms with E-state index in [1.807, 2.05) is 0 Å². The number of nitrogens with zero attached hydrogens (tertiary/aromatic N) is 1. The SMILES string of the molecule is COc1cc(C(C)=O)ccc1OCC(=O)Nc1ccccc1SC(=O)N(C)C. The van der Waals surface area contributed by atoms with Crippen molar-refractivity contribution in [3.63, 3.8) is 0 Å². The molecule has 7 nitrogen and oxygen atoms in total. The van der Waals surface area contributed by atoms with Crippen LogP contribution >= 0.6 is 11.8 Å². The number of hydrogen-bond acceptors (Lipinski definition) is 6. The van der Waals surface area contributed by atoms with Gasteiger partial charge in [0, 0.05) is 24.6 Å². The molecule has 2 aromatic rings. The van der Waals surface area contributed by atoms with Crippen molar-refractivity contribution in [2.75, 3.05) is 33.1 Å². The van der Waals surface area contributed by atoms with E-state index < -0.39 is 0 Å². The molecule has 0 heterocycles. The molecule has 2 aromatic carbocycles. The van der Waals surface area contributed by atoms with E-state index in [-0.39, 0.29) is 23.5 Å². The van der Waals surface area contributed by atoms with Gasteiger partial charge in [-0.1, -0.05) is 12.1 Å². The summed E-state index contributed by atoms with van der Waals surface area (Å²) in [7, 11) is 4.78. The number of anilines is 1. The van der Waals surface area contributed by atoms with Crippen LogP contribution in [0.4, 0.5) is 10.5 Å². The molecule has 2 amide bonds. The Kier molecular flexibility index (Phi) is 7.45. The zero-order chi connectivity index (χ0) is 20.7. The highest BCUT2D eigenvalue weighted by Crippen LogP contribution is 2.30. The first-order chi connectivity index (χ1) is 13.3. The number of methoxy groups -OCH3 is 1. The van der Waals surface area contributed by atoms with E-state index in [2.05, 4.69) is 5.32 Å². The molecule has 1 N–H and O–H groups in total. The number of carbonyl (C=O) groups excluding carboxylic acids is 3. The first kappa shape index (κ1) is 21.3. The molecule has 28 heavy (non-hydrogen) atoms. The minimum Gasteiger partial charge on any atom is -0.493 e. The van der Waals surface area contributed by atoms with Crippen LogP contribution in [-0.2, 0) is 4.79 Å². The van der Waals surface area contributed by atoms with Crippen LogP contribution in [0.15, 0.2) is 47.4 Å². The lowest BCUT2D eigenvalue weighted by Crippen LogP contribution is -2.21. The van der Waals surface area contributed by atoms with Crippen molar-refractivity contribution >= 4 is 34.4 Å². The second-order valence-electron chi connectivity index (χ2n) is 6.02. The predicted molar refractivity (Wildman–Crippen MR) is 109 cm³/mol. The van der Waals surface area contributed by atoms with Crippen molar-refractivity contribution in [1.82, 2.24) is 4.90 Å². The molecule has 0 aliphatic carbocycles. The third kappa shape index (κ3) is 5.75. The summed E-state index contributed by atoms with van der Waals surface area (Å²) in [6.45, 7) is 1.20. The molecule has 0 radical (unpaired) electrons. The van der Waals surface area contributed by atoms with Crippen LogP contribution < -0.4 is 14.8 Å². The number of ketones is 1. The van der Waals surface area contributed by atoms with E-state index in [4.69, 9.17) is 9.47 Å². The van der Waals surface area contributed by atoms with Crippen LogP contribution in [-0.4, -0.2) is 49.6 Å². The lowest BCUT2D eigenvalue weighted by atomic mass is 10.1. The second-order valence-corrected chi connectivity index (χ2v) is 7.01. The van der Waals surface area contributed by atoms with Gasteiger partial charge in [-0.25, -0.2) is 0 Å². The van der Waals surface area contributed by atoms with E-state index in [9.17, 15) is 14.4 Å². The number of ether oxygens (including phenoxy) is 2. The first-order valence-corrected chi connectivity index (χ1v) is 9.23.